The number of hydrogen-bond acceptors (Lipinski definition) is 3. The van der Waals surface area contributed by atoms with Crippen LogP contribution in [0.1, 0.15) is 11.3 Å². The number of nitrogens with one attached hydrogen (secondary N) is 1. The summed E-state index contributed by atoms with van der Waals surface area (Å²) in [6.45, 7) is 0.303. The van der Waals surface area contributed by atoms with Gasteiger partial charge < -0.3 is 9.84 Å². The van der Waals surface area contributed by atoms with Crippen molar-refractivity contribution >= 4 is 12.0 Å². The molecule has 0 unspecified atom stereocenters. The van der Waals surface area contributed by atoms with Crippen LogP contribution in [0.15, 0.2) is 77.3 Å². The minimum absolute atomic E-state index is 0.175. The van der Waals surface area contributed by atoms with E-state index in [2.05, 4.69) is 10.5 Å². The predicted octanol–water partition coefficient (Wildman–Crippen LogP) is 3.67. The van der Waals surface area contributed by atoms with Gasteiger partial charge in [0.05, 0.1) is 6.54 Å². The van der Waals surface area contributed by atoms with Crippen LogP contribution >= 0.6 is 0 Å². The molecule has 1 heterocycles. The zero-order valence-corrected chi connectivity index (χ0v) is 12.5. The molecule has 0 spiro atoms. The molecule has 0 aliphatic heterocycles. The van der Waals surface area contributed by atoms with E-state index < -0.39 is 0 Å². The third kappa shape index (κ3) is 4.17. The summed E-state index contributed by atoms with van der Waals surface area (Å²) in [5.41, 5.74) is 2.72. The van der Waals surface area contributed by atoms with E-state index in [4.69, 9.17) is 4.52 Å². The molecule has 0 aliphatic carbocycles. The van der Waals surface area contributed by atoms with Gasteiger partial charge in [-0.25, -0.2) is 0 Å². The van der Waals surface area contributed by atoms with Crippen molar-refractivity contribution in [3.8, 4) is 11.3 Å². The molecule has 0 fully saturated rings. The largest absolute Gasteiger partial charge is 0.359 e. The van der Waals surface area contributed by atoms with Crippen molar-refractivity contribution in [2.45, 2.75) is 6.54 Å². The molecule has 4 heteroatoms. The normalized spacial score (nSPS) is 10.8. The lowest BCUT2D eigenvalue weighted by molar-refractivity contribution is -0.116. The Kier molecular flexibility index (Phi) is 4.64. The van der Waals surface area contributed by atoms with Gasteiger partial charge in [-0.1, -0.05) is 65.8 Å². The quantitative estimate of drug-likeness (QED) is 0.732. The van der Waals surface area contributed by atoms with Crippen molar-refractivity contribution in [2.75, 3.05) is 0 Å². The van der Waals surface area contributed by atoms with Gasteiger partial charge in [0, 0.05) is 17.7 Å². The minimum Gasteiger partial charge on any atom is -0.359 e. The molecule has 4 nitrogen and oxygen atoms in total. The van der Waals surface area contributed by atoms with Crippen LogP contribution in [0, 0.1) is 0 Å². The number of nitrogens with zero attached hydrogens (tertiary/aromatic N) is 1. The smallest absolute Gasteiger partial charge is 0.244 e. The van der Waals surface area contributed by atoms with Crippen LogP contribution in [-0.4, -0.2) is 11.1 Å². The van der Waals surface area contributed by atoms with Gasteiger partial charge in [-0.2, -0.15) is 0 Å². The van der Waals surface area contributed by atoms with Crippen LogP contribution in [0.5, 0.6) is 0 Å². The first-order valence-corrected chi connectivity index (χ1v) is 7.33. The second-order valence-electron chi connectivity index (χ2n) is 5.01. The van der Waals surface area contributed by atoms with Gasteiger partial charge in [0.15, 0.2) is 5.76 Å². The number of carbonyl (C=O) groups is 1. The van der Waals surface area contributed by atoms with E-state index in [1.54, 1.807) is 6.08 Å². The highest BCUT2D eigenvalue weighted by Gasteiger charge is 2.06. The Balaban J connectivity index is 1.55. The highest BCUT2D eigenvalue weighted by molar-refractivity contribution is 5.91. The third-order valence-electron chi connectivity index (χ3n) is 3.29. The number of carbonyl (C=O) groups excluding carboxylic acids is 1. The first-order valence-electron chi connectivity index (χ1n) is 7.33. The Labute approximate surface area is 134 Å². The molecule has 3 rings (SSSR count). The Bertz CT molecular complexity index is 793. The fraction of sp³-hybridized carbons (Fsp3) is 0.0526. The highest BCUT2D eigenvalue weighted by atomic mass is 16.5. The number of hydrogen-bond donors (Lipinski definition) is 1. The summed E-state index contributed by atoms with van der Waals surface area (Å²) in [7, 11) is 0. The Morgan fingerprint density at radius 3 is 2.48 bits per heavy atom. The summed E-state index contributed by atoms with van der Waals surface area (Å²) < 4.78 is 5.24. The van der Waals surface area contributed by atoms with E-state index in [0.717, 1.165) is 16.8 Å². The van der Waals surface area contributed by atoms with Gasteiger partial charge in [0.1, 0.15) is 5.69 Å². The van der Waals surface area contributed by atoms with Crippen molar-refractivity contribution < 1.29 is 9.32 Å². The minimum atomic E-state index is -0.175. The lowest BCUT2D eigenvalue weighted by atomic mass is 10.1. The first-order chi connectivity index (χ1) is 11.3. The monoisotopic (exact) mass is 304 g/mol. The maximum Gasteiger partial charge on any atom is 0.244 e. The molecule has 2 aromatic carbocycles. The summed E-state index contributed by atoms with van der Waals surface area (Å²) in [5.74, 6) is 0.442. The van der Waals surface area contributed by atoms with Crippen molar-refractivity contribution in [3.05, 3.63) is 84.1 Å². The van der Waals surface area contributed by atoms with Crippen LogP contribution in [0.2, 0.25) is 0 Å². The van der Waals surface area contributed by atoms with E-state index in [0.29, 0.717) is 12.3 Å². The summed E-state index contributed by atoms with van der Waals surface area (Å²) in [4.78, 5) is 11.8. The molecule has 0 saturated carbocycles. The zero-order chi connectivity index (χ0) is 15.9. The maximum atomic E-state index is 11.8. The van der Waals surface area contributed by atoms with Crippen LogP contribution in [0.25, 0.3) is 17.3 Å². The number of amides is 1. The molecule has 1 N–H and O–H groups in total. The number of benzene rings is 2. The highest BCUT2D eigenvalue weighted by Crippen LogP contribution is 2.18. The van der Waals surface area contributed by atoms with Crippen LogP contribution in [0.4, 0.5) is 0 Å². The van der Waals surface area contributed by atoms with Crippen molar-refractivity contribution in [1.82, 2.24) is 10.5 Å². The summed E-state index contributed by atoms with van der Waals surface area (Å²) >= 11 is 0. The Morgan fingerprint density at radius 2 is 1.74 bits per heavy atom. The zero-order valence-electron chi connectivity index (χ0n) is 12.5. The van der Waals surface area contributed by atoms with E-state index >= 15 is 0 Å². The van der Waals surface area contributed by atoms with Gasteiger partial charge in [-0.15, -0.1) is 0 Å². The Morgan fingerprint density at radius 1 is 1.04 bits per heavy atom. The second-order valence-corrected chi connectivity index (χ2v) is 5.01. The number of aromatic nitrogens is 1. The molecule has 114 valence electrons. The van der Waals surface area contributed by atoms with Gasteiger partial charge in [-0.3, -0.25) is 4.79 Å². The van der Waals surface area contributed by atoms with Gasteiger partial charge in [0.25, 0.3) is 0 Å². The lowest BCUT2D eigenvalue weighted by Crippen LogP contribution is -2.19. The maximum absolute atomic E-state index is 11.8. The third-order valence-corrected chi connectivity index (χ3v) is 3.29. The van der Waals surface area contributed by atoms with Crippen molar-refractivity contribution in [3.63, 3.8) is 0 Å². The van der Waals surface area contributed by atoms with Gasteiger partial charge in [0.2, 0.25) is 5.91 Å². The standard InChI is InChI=1S/C19H16N2O2/c22-19(12-11-15-7-3-1-4-8-15)20-14-17-13-18(21-23-17)16-9-5-2-6-10-16/h1-13H,14H2,(H,20,22). The van der Waals surface area contributed by atoms with Crippen molar-refractivity contribution in [2.24, 2.45) is 0 Å². The molecule has 0 aliphatic rings. The number of rotatable bonds is 5. The fourth-order valence-electron chi connectivity index (χ4n) is 2.11. The Hall–Kier alpha value is -3.14. The average Bonchev–Trinajstić information content (AvgIpc) is 3.09. The van der Waals surface area contributed by atoms with Gasteiger partial charge >= 0.3 is 0 Å². The molecule has 0 radical (unpaired) electrons. The molecule has 1 aromatic heterocycles. The average molecular weight is 304 g/mol. The molecule has 0 atom stereocenters. The van der Waals surface area contributed by atoms with Gasteiger partial charge in [-0.05, 0) is 11.6 Å². The molecule has 0 bridgehead atoms. The first kappa shape index (κ1) is 14.8. The summed E-state index contributed by atoms with van der Waals surface area (Å²) in [5, 5.41) is 6.79. The SMILES string of the molecule is O=C(C=Cc1ccccc1)NCc1cc(-c2ccccc2)no1. The summed E-state index contributed by atoms with van der Waals surface area (Å²) in [6.07, 6.45) is 3.27. The molecular formula is C19H16N2O2. The fourth-order valence-corrected chi connectivity index (χ4v) is 2.11. The van der Waals surface area contributed by atoms with Crippen LogP contribution in [-0.2, 0) is 11.3 Å². The summed E-state index contributed by atoms with van der Waals surface area (Å²) in [6, 6.07) is 21.3. The van der Waals surface area contributed by atoms with E-state index in [1.165, 1.54) is 6.08 Å². The van der Waals surface area contributed by atoms with E-state index in [9.17, 15) is 4.79 Å². The topological polar surface area (TPSA) is 55.1 Å². The van der Waals surface area contributed by atoms with E-state index in [1.807, 2.05) is 66.7 Å². The van der Waals surface area contributed by atoms with Crippen LogP contribution < -0.4 is 5.32 Å². The molecule has 23 heavy (non-hydrogen) atoms. The van der Waals surface area contributed by atoms with Crippen LogP contribution in [0.3, 0.4) is 0 Å². The second kappa shape index (κ2) is 7.22. The molecule has 3 aromatic rings. The molecule has 0 saturated heterocycles. The lowest BCUT2D eigenvalue weighted by Gasteiger charge is -1.97. The molecular weight excluding hydrogens is 288 g/mol. The predicted molar refractivity (Wildman–Crippen MR) is 89.3 cm³/mol. The van der Waals surface area contributed by atoms with Crippen molar-refractivity contribution in [1.29, 1.82) is 0 Å². The molecule has 1 amide bonds. The van der Waals surface area contributed by atoms with E-state index in [-0.39, 0.29) is 5.91 Å².